The molecule has 23 heavy (non-hydrogen) atoms. The van der Waals surface area contributed by atoms with Crippen LogP contribution in [0.15, 0.2) is 30.6 Å². The van der Waals surface area contributed by atoms with Crippen LogP contribution in [-0.2, 0) is 36.0 Å². The highest BCUT2D eigenvalue weighted by Gasteiger charge is 2.32. The van der Waals surface area contributed by atoms with Crippen LogP contribution in [0.1, 0.15) is 17.0 Å². The molecule has 1 aromatic carbocycles. The van der Waals surface area contributed by atoms with Crippen LogP contribution in [0.3, 0.4) is 0 Å². The van der Waals surface area contributed by atoms with E-state index in [1.54, 1.807) is 36.5 Å². The highest BCUT2D eigenvalue weighted by atomic mass is 19.1. The second-order valence-corrected chi connectivity index (χ2v) is 5.85. The van der Waals surface area contributed by atoms with Gasteiger partial charge in [-0.2, -0.15) is 0 Å². The zero-order chi connectivity index (χ0) is 16.4. The van der Waals surface area contributed by atoms with Gasteiger partial charge < -0.3 is 14.2 Å². The highest BCUT2D eigenvalue weighted by molar-refractivity contribution is 5.79. The van der Waals surface area contributed by atoms with Gasteiger partial charge in [-0.1, -0.05) is 18.2 Å². The molecule has 0 saturated heterocycles. The predicted octanol–water partition coefficient (Wildman–Crippen LogP) is 1.70. The van der Waals surface area contributed by atoms with Crippen LogP contribution >= 0.6 is 0 Å². The molecule has 3 rings (SSSR count). The van der Waals surface area contributed by atoms with Gasteiger partial charge in [-0.3, -0.25) is 4.79 Å². The monoisotopic (exact) mass is 317 g/mol. The van der Waals surface area contributed by atoms with Gasteiger partial charge >= 0.3 is 0 Å². The molecule has 6 heteroatoms. The molecule has 0 aliphatic carbocycles. The Morgan fingerprint density at radius 3 is 2.96 bits per heavy atom. The van der Waals surface area contributed by atoms with Gasteiger partial charge in [0, 0.05) is 26.3 Å². The van der Waals surface area contributed by atoms with E-state index in [1.165, 1.54) is 6.07 Å². The Bertz CT molecular complexity index is 714. The Balaban J connectivity index is 1.82. The molecular formula is C17H20FN3O2. The maximum Gasteiger partial charge on any atom is 0.227 e. The number of carbonyl (C=O) groups is 1. The van der Waals surface area contributed by atoms with Crippen molar-refractivity contribution in [1.82, 2.24) is 14.5 Å². The number of imidazole rings is 1. The molecular weight excluding hydrogens is 297 g/mol. The summed E-state index contributed by atoms with van der Waals surface area (Å²) in [6.45, 7) is 0.894. The van der Waals surface area contributed by atoms with Crippen molar-refractivity contribution in [2.45, 2.75) is 25.4 Å². The number of ether oxygens (including phenoxy) is 1. The standard InChI is InChI=1S/C17H20FN3O2/c1-20-11-19-15-9-21(13(10-23-2)8-16(15)20)17(22)7-12-5-3-4-6-14(12)18/h3-6,11,13H,7-10H2,1-2H3/t13-/m1/s1. The zero-order valence-corrected chi connectivity index (χ0v) is 13.3. The Labute approximate surface area is 134 Å². The number of aryl methyl sites for hydroxylation is 1. The van der Waals surface area contributed by atoms with Crippen molar-refractivity contribution in [3.8, 4) is 0 Å². The molecule has 1 aliphatic rings. The van der Waals surface area contributed by atoms with E-state index in [9.17, 15) is 9.18 Å². The molecule has 0 radical (unpaired) electrons. The maximum atomic E-state index is 13.8. The van der Waals surface area contributed by atoms with Crippen molar-refractivity contribution in [3.05, 3.63) is 53.4 Å². The van der Waals surface area contributed by atoms with E-state index in [4.69, 9.17) is 4.74 Å². The van der Waals surface area contributed by atoms with Gasteiger partial charge in [0.1, 0.15) is 5.82 Å². The van der Waals surface area contributed by atoms with Crippen molar-refractivity contribution in [2.75, 3.05) is 13.7 Å². The van der Waals surface area contributed by atoms with Gasteiger partial charge in [0.15, 0.2) is 0 Å². The number of halogens is 1. The molecule has 0 bridgehead atoms. The minimum atomic E-state index is -0.348. The van der Waals surface area contributed by atoms with Crippen LogP contribution in [0.4, 0.5) is 4.39 Å². The van der Waals surface area contributed by atoms with Gasteiger partial charge in [0.25, 0.3) is 0 Å². The largest absolute Gasteiger partial charge is 0.383 e. The number of hydrogen-bond acceptors (Lipinski definition) is 3. The Morgan fingerprint density at radius 1 is 1.43 bits per heavy atom. The SMILES string of the molecule is COC[C@H]1Cc2c(ncn2C)CN1C(=O)Cc1ccccc1F. The van der Waals surface area contributed by atoms with Gasteiger partial charge in [0.2, 0.25) is 5.91 Å². The number of amides is 1. The van der Waals surface area contributed by atoms with Crippen LogP contribution in [0.25, 0.3) is 0 Å². The van der Waals surface area contributed by atoms with E-state index in [0.29, 0.717) is 25.1 Å². The van der Waals surface area contributed by atoms with E-state index in [0.717, 1.165) is 11.4 Å². The van der Waals surface area contributed by atoms with E-state index in [1.807, 2.05) is 11.6 Å². The predicted molar refractivity (Wildman–Crippen MR) is 83.2 cm³/mol. The van der Waals surface area contributed by atoms with Gasteiger partial charge in [-0.15, -0.1) is 0 Å². The average molecular weight is 317 g/mol. The Morgan fingerprint density at radius 2 is 2.22 bits per heavy atom. The first-order valence-electron chi connectivity index (χ1n) is 7.61. The lowest BCUT2D eigenvalue weighted by molar-refractivity contribution is -0.135. The van der Waals surface area contributed by atoms with Crippen LogP contribution in [0, 0.1) is 5.82 Å². The third kappa shape index (κ3) is 3.12. The van der Waals surface area contributed by atoms with Gasteiger partial charge in [0.05, 0.1) is 37.6 Å². The third-order valence-corrected chi connectivity index (χ3v) is 4.31. The van der Waals surface area contributed by atoms with E-state index in [2.05, 4.69) is 4.98 Å². The average Bonchev–Trinajstić information content (AvgIpc) is 2.90. The summed E-state index contributed by atoms with van der Waals surface area (Å²) >= 11 is 0. The summed E-state index contributed by atoms with van der Waals surface area (Å²) in [5.74, 6) is -0.451. The molecule has 2 aromatic rings. The second-order valence-electron chi connectivity index (χ2n) is 5.85. The molecule has 5 nitrogen and oxygen atoms in total. The molecule has 0 N–H and O–H groups in total. The molecule has 0 fully saturated rings. The van der Waals surface area contributed by atoms with E-state index < -0.39 is 0 Å². The lowest BCUT2D eigenvalue weighted by Crippen LogP contribution is -2.47. The lowest BCUT2D eigenvalue weighted by atomic mass is 10.0. The first kappa shape index (κ1) is 15.7. The third-order valence-electron chi connectivity index (χ3n) is 4.31. The number of methoxy groups -OCH3 is 1. The number of benzene rings is 1. The summed E-state index contributed by atoms with van der Waals surface area (Å²) in [6, 6.07) is 6.34. The fraction of sp³-hybridized carbons (Fsp3) is 0.412. The number of rotatable bonds is 4. The fourth-order valence-corrected chi connectivity index (χ4v) is 3.06. The number of nitrogens with zero attached hydrogens (tertiary/aromatic N) is 3. The van der Waals surface area contributed by atoms with Crippen molar-refractivity contribution >= 4 is 5.91 Å². The molecule has 2 heterocycles. The smallest absolute Gasteiger partial charge is 0.227 e. The quantitative estimate of drug-likeness (QED) is 0.862. The Kier molecular flexibility index (Phi) is 4.43. The van der Waals surface area contributed by atoms with Crippen molar-refractivity contribution in [3.63, 3.8) is 0 Å². The summed E-state index contributed by atoms with van der Waals surface area (Å²) in [4.78, 5) is 18.8. The lowest BCUT2D eigenvalue weighted by Gasteiger charge is -2.35. The fourth-order valence-electron chi connectivity index (χ4n) is 3.06. The molecule has 0 spiro atoms. The summed E-state index contributed by atoms with van der Waals surface area (Å²) in [7, 11) is 3.57. The first-order valence-corrected chi connectivity index (χ1v) is 7.61. The first-order chi connectivity index (χ1) is 11.1. The molecule has 122 valence electrons. The molecule has 0 saturated carbocycles. The normalized spacial score (nSPS) is 17.2. The second kappa shape index (κ2) is 6.50. The molecule has 1 amide bonds. The van der Waals surface area contributed by atoms with Crippen molar-refractivity contribution in [2.24, 2.45) is 7.05 Å². The Hall–Kier alpha value is -2.21. The molecule has 1 aromatic heterocycles. The van der Waals surface area contributed by atoms with Crippen LogP contribution in [0.5, 0.6) is 0 Å². The highest BCUT2D eigenvalue weighted by Crippen LogP contribution is 2.23. The number of hydrogen-bond donors (Lipinski definition) is 0. The van der Waals surface area contributed by atoms with E-state index >= 15 is 0 Å². The zero-order valence-electron chi connectivity index (χ0n) is 13.3. The van der Waals surface area contributed by atoms with Gasteiger partial charge in [-0.25, -0.2) is 9.37 Å². The summed E-state index contributed by atoms with van der Waals surface area (Å²) in [5, 5.41) is 0. The van der Waals surface area contributed by atoms with Crippen LogP contribution in [0.2, 0.25) is 0 Å². The topological polar surface area (TPSA) is 47.4 Å². The van der Waals surface area contributed by atoms with E-state index in [-0.39, 0.29) is 24.2 Å². The molecule has 1 aliphatic heterocycles. The number of fused-ring (bicyclic) bond motifs is 1. The van der Waals surface area contributed by atoms with Gasteiger partial charge in [-0.05, 0) is 11.6 Å². The van der Waals surface area contributed by atoms with Crippen LogP contribution < -0.4 is 0 Å². The van der Waals surface area contributed by atoms with Crippen LogP contribution in [-0.4, -0.2) is 40.1 Å². The maximum absolute atomic E-state index is 13.8. The summed E-state index contributed by atoms with van der Waals surface area (Å²) in [6.07, 6.45) is 2.51. The summed E-state index contributed by atoms with van der Waals surface area (Å²) < 4.78 is 21.0. The van der Waals surface area contributed by atoms with Crippen molar-refractivity contribution < 1.29 is 13.9 Å². The summed E-state index contributed by atoms with van der Waals surface area (Å²) in [5.41, 5.74) is 2.45. The van der Waals surface area contributed by atoms with Crippen molar-refractivity contribution in [1.29, 1.82) is 0 Å². The number of aromatic nitrogens is 2. The molecule has 1 atom stereocenters. The minimum Gasteiger partial charge on any atom is -0.383 e. The number of carbonyl (C=O) groups excluding carboxylic acids is 1. The minimum absolute atomic E-state index is 0.0506. The molecule has 0 unspecified atom stereocenters.